The molecule has 0 saturated heterocycles. The SMILES string of the molecule is CCN(CC)S(=O)(=O)c1cccc(C(=O)Oc2ccc3c(c2)OCO3)c1. The number of sulfonamides is 1. The van der Waals surface area contributed by atoms with Crippen molar-refractivity contribution in [3.8, 4) is 17.2 Å². The molecule has 2 aromatic carbocycles. The van der Waals surface area contributed by atoms with Crippen molar-refractivity contribution in [2.75, 3.05) is 19.9 Å². The summed E-state index contributed by atoms with van der Waals surface area (Å²) < 4.78 is 42.3. The highest BCUT2D eigenvalue weighted by molar-refractivity contribution is 7.89. The van der Waals surface area contributed by atoms with Gasteiger partial charge in [0.05, 0.1) is 10.5 Å². The summed E-state index contributed by atoms with van der Waals surface area (Å²) in [5, 5.41) is 0. The molecule has 7 nitrogen and oxygen atoms in total. The largest absolute Gasteiger partial charge is 0.454 e. The molecule has 0 aliphatic carbocycles. The van der Waals surface area contributed by atoms with Gasteiger partial charge in [0.2, 0.25) is 16.8 Å². The number of fused-ring (bicyclic) bond motifs is 1. The molecule has 1 aliphatic rings. The second-order valence-electron chi connectivity index (χ2n) is 5.52. The van der Waals surface area contributed by atoms with Gasteiger partial charge in [-0.25, -0.2) is 13.2 Å². The smallest absolute Gasteiger partial charge is 0.343 e. The van der Waals surface area contributed by atoms with E-state index >= 15 is 0 Å². The molecule has 0 aromatic heterocycles. The van der Waals surface area contributed by atoms with Crippen molar-refractivity contribution in [1.82, 2.24) is 4.31 Å². The summed E-state index contributed by atoms with van der Waals surface area (Å²) in [5.41, 5.74) is 0.149. The highest BCUT2D eigenvalue weighted by Crippen LogP contribution is 2.35. The molecule has 1 aliphatic heterocycles. The lowest BCUT2D eigenvalue weighted by atomic mass is 10.2. The quantitative estimate of drug-likeness (QED) is 0.569. The summed E-state index contributed by atoms with van der Waals surface area (Å²) in [7, 11) is -3.65. The average molecular weight is 377 g/mol. The van der Waals surface area contributed by atoms with Crippen LogP contribution in [-0.2, 0) is 10.0 Å². The molecule has 0 N–H and O–H groups in total. The summed E-state index contributed by atoms with van der Waals surface area (Å²) >= 11 is 0. The molecule has 2 aromatic rings. The van der Waals surface area contributed by atoms with E-state index in [1.807, 2.05) is 0 Å². The van der Waals surface area contributed by atoms with Gasteiger partial charge in [-0.3, -0.25) is 0 Å². The number of ether oxygens (including phenoxy) is 3. The standard InChI is InChI=1S/C18H19NO6S/c1-3-19(4-2)26(21,22)15-7-5-6-13(10-15)18(20)25-14-8-9-16-17(11-14)24-12-23-16/h5-11H,3-4,12H2,1-2H3. The first-order valence-electron chi connectivity index (χ1n) is 8.17. The third kappa shape index (κ3) is 3.51. The van der Waals surface area contributed by atoms with E-state index in [9.17, 15) is 13.2 Å². The summed E-state index contributed by atoms with van der Waals surface area (Å²) in [6.07, 6.45) is 0. The third-order valence-corrected chi connectivity index (χ3v) is 6.01. The fourth-order valence-corrected chi connectivity index (χ4v) is 4.11. The minimum Gasteiger partial charge on any atom is -0.454 e. The second-order valence-corrected chi connectivity index (χ2v) is 7.46. The Bertz CT molecular complexity index is 921. The van der Waals surface area contributed by atoms with Crippen molar-refractivity contribution >= 4 is 16.0 Å². The lowest BCUT2D eigenvalue weighted by Crippen LogP contribution is -2.30. The van der Waals surface area contributed by atoms with Crippen LogP contribution in [0.1, 0.15) is 24.2 Å². The maximum atomic E-state index is 12.6. The lowest BCUT2D eigenvalue weighted by molar-refractivity contribution is 0.0734. The normalized spacial score (nSPS) is 13.0. The Morgan fingerprint density at radius 2 is 1.81 bits per heavy atom. The average Bonchev–Trinajstić information content (AvgIpc) is 3.10. The lowest BCUT2D eigenvalue weighted by Gasteiger charge is -2.18. The molecule has 0 radical (unpaired) electrons. The van der Waals surface area contributed by atoms with Crippen LogP contribution < -0.4 is 14.2 Å². The fourth-order valence-electron chi connectivity index (χ4n) is 2.60. The Kier molecular flexibility index (Phi) is 5.15. The number of hydrogen-bond acceptors (Lipinski definition) is 6. The molecule has 0 spiro atoms. The molecule has 0 atom stereocenters. The van der Waals surface area contributed by atoms with Gasteiger partial charge in [-0.05, 0) is 30.3 Å². The van der Waals surface area contributed by atoms with Crippen molar-refractivity contribution in [2.45, 2.75) is 18.7 Å². The predicted molar refractivity (Wildman–Crippen MR) is 94.1 cm³/mol. The van der Waals surface area contributed by atoms with Crippen molar-refractivity contribution in [1.29, 1.82) is 0 Å². The molecular weight excluding hydrogens is 358 g/mol. The topological polar surface area (TPSA) is 82.1 Å². The van der Waals surface area contributed by atoms with Gasteiger partial charge in [0.25, 0.3) is 0 Å². The minimum atomic E-state index is -3.65. The number of benzene rings is 2. The van der Waals surface area contributed by atoms with Crippen LogP contribution in [0.15, 0.2) is 47.4 Å². The first-order valence-corrected chi connectivity index (χ1v) is 9.61. The number of carbonyl (C=O) groups excluding carboxylic acids is 1. The molecule has 8 heteroatoms. The molecule has 0 unspecified atom stereocenters. The van der Waals surface area contributed by atoms with E-state index < -0.39 is 16.0 Å². The van der Waals surface area contributed by atoms with Crippen molar-refractivity contribution in [2.24, 2.45) is 0 Å². The Hall–Kier alpha value is -2.58. The molecule has 138 valence electrons. The minimum absolute atomic E-state index is 0.0568. The molecule has 0 saturated carbocycles. The van der Waals surface area contributed by atoms with Gasteiger partial charge in [0.15, 0.2) is 11.5 Å². The van der Waals surface area contributed by atoms with Crippen molar-refractivity contribution in [3.05, 3.63) is 48.0 Å². The Balaban J connectivity index is 1.82. The molecule has 0 fully saturated rings. The molecule has 3 rings (SSSR count). The van der Waals surface area contributed by atoms with Crippen LogP contribution in [0.5, 0.6) is 17.2 Å². The Morgan fingerprint density at radius 3 is 2.54 bits per heavy atom. The summed E-state index contributed by atoms with van der Waals surface area (Å²) in [5.74, 6) is 0.710. The van der Waals surface area contributed by atoms with E-state index in [4.69, 9.17) is 14.2 Å². The van der Waals surface area contributed by atoms with Gasteiger partial charge in [0.1, 0.15) is 5.75 Å². The summed E-state index contributed by atoms with van der Waals surface area (Å²) in [4.78, 5) is 12.5. The Labute approximate surface area is 152 Å². The molecule has 1 heterocycles. The molecule has 0 bridgehead atoms. The summed E-state index contributed by atoms with van der Waals surface area (Å²) in [6.45, 7) is 4.35. The summed E-state index contributed by atoms with van der Waals surface area (Å²) in [6, 6.07) is 10.6. The first-order chi connectivity index (χ1) is 12.5. The van der Waals surface area contributed by atoms with E-state index in [-0.39, 0.29) is 23.0 Å². The van der Waals surface area contributed by atoms with Crippen LogP contribution in [0.25, 0.3) is 0 Å². The number of hydrogen-bond donors (Lipinski definition) is 0. The van der Waals surface area contributed by atoms with Crippen LogP contribution in [0.3, 0.4) is 0 Å². The van der Waals surface area contributed by atoms with E-state index in [1.54, 1.807) is 32.0 Å². The van der Waals surface area contributed by atoms with Crippen molar-refractivity contribution in [3.63, 3.8) is 0 Å². The highest BCUT2D eigenvalue weighted by Gasteiger charge is 2.23. The number of esters is 1. The van der Waals surface area contributed by atoms with E-state index in [2.05, 4.69) is 0 Å². The number of rotatable bonds is 6. The molecule has 26 heavy (non-hydrogen) atoms. The van der Waals surface area contributed by atoms with Gasteiger partial charge in [-0.2, -0.15) is 4.31 Å². The second kappa shape index (κ2) is 7.35. The van der Waals surface area contributed by atoms with Crippen LogP contribution >= 0.6 is 0 Å². The monoisotopic (exact) mass is 377 g/mol. The number of nitrogens with zero attached hydrogens (tertiary/aromatic N) is 1. The maximum Gasteiger partial charge on any atom is 0.343 e. The van der Waals surface area contributed by atoms with Crippen molar-refractivity contribution < 1.29 is 27.4 Å². The van der Waals surface area contributed by atoms with E-state index in [0.29, 0.717) is 24.6 Å². The van der Waals surface area contributed by atoms with Gasteiger partial charge in [-0.1, -0.05) is 19.9 Å². The van der Waals surface area contributed by atoms with Crippen LogP contribution in [0.4, 0.5) is 0 Å². The van der Waals surface area contributed by atoms with Crippen LogP contribution in [-0.4, -0.2) is 38.6 Å². The Morgan fingerprint density at radius 1 is 1.08 bits per heavy atom. The van der Waals surface area contributed by atoms with E-state index in [0.717, 1.165) is 0 Å². The highest BCUT2D eigenvalue weighted by atomic mass is 32.2. The zero-order valence-corrected chi connectivity index (χ0v) is 15.3. The zero-order valence-electron chi connectivity index (χ0n) is 14.5. The maximum absolute atomic E-state index is 12.6. The van der Waals surface area contributed by atoms with Crippen LogP contribution in [0, 0.1) is 0 Å². The van der Waals surface area contributed by atoms with Gasteiger partial charge >= 0.3 is 5.97 Å². The molecular formula is C18H19NO6S. The van der Waals surface area contributed by atoms with E-state index in [1.165, 1.54) is 28.6 Å². The predicted octanol–water partition coefficient (Wildman–Crippen LogP) is 2.67. The van der Waals surface area contributed by atoms with Gasteiger partial charge < -0.3 is 14.2 Å². The van der Waals surface area contributed by atoms with Gasteiger partial charge in [-0.15, -0.1) is 0 Å². The zero-order chi connectivity index (χ0) is 18.7. The number of carbonyl (C=O) groups is 1. The first kappa shape index (κ1) is 18.2. The molecule has 0 amide bonds. The van der Waals surface area contributed by atoms with Gasteiger partial charge in [0, 0.05) is 19.2 Å². The fraction of sp³-hybridized carbons (Fsp3) is 0.278. The van der Waals surface area contributed by atoms with Crippen LogP contribution in [0.2, 0.25) is 0 Å². The third-order valence-electron chi connectivity index (χ3n) is 3.97.